The highest BCUT2D eigenvalue weighted by Gasteiger charge is 2.31. The van der Waals surface area contributed by atoms with Crippen LogP contribution in [0.5, 0.6) is 0 Å². The molecule has 0 saturated carbocycles. The second-order valence-corrected chi connectivity index (χ2v) is 4.43. The van der Waals surface area contributed by atoms with Crippen molar-refractivity contribution in [2.75, 3.05) is 0 Å². The number of nitroso groups, excluding NO2 is 1. The third-order valence-corrected chi connectivity index (χ3v) is 3.42. The Morgan fingerprint density at radius 3 is 2.11 bits per heavy atom. The fraction of sp³-hybridized carbons (Fsp3) is 0.0667. The maximum Gasteiger partial charge on any atom is 0.194 e. The Hall–Kier alpha value is -2.62. The molecule has 0 spiro atoms. The van der Waals surface area contributed by atoms with Crippen molar-refractivity contribution in [2.24, 2.45) is 5.18 Å². The monoisotopic (exact) mass is 251 g/mol. The van der Waals surface area contributed by atoms with Crippen molar-refractivity contribution in [3.63, 3.8) is 0 Å². The minimum atomic E-state index is -0.229. The molecule has 0 bridgehead atoms. The molecular weight excluding hydrogens is 242 g/mol. The molecule has 0 aromatic heterocycles. The molecule has 4 heteroatoms. The molecule has 1 aliphatic carbocycles. The first-order chi connectivity index (χ1) is 9.15. The van der Waals surface area contributed by atoms with Crippen molar-refractivity contribution in [1.29, 1.82) is 0 Å². The molecule has 92 valence electrons. The minimum Gasteiger partial charge on any atom is -0.289 e. The van der Waals surface area contributed by atoms with Crippen LogP contribution >= 0.6 is 0 Å². The van der Waals surface area contributed by atoms with Gasteiger partial charge in [0.25, 0.3) is 0 Å². The van der Waals surface area contributed by atoms with Crippen LogP contribution in [0.4, 0.5) is 5.69 Å². The maximum absolute atomic E-state index is 12.4. The first kappa shape index (κ1) is 11.5. The molecule has 0 saturated heterocycles. The fourth-order valence-corrected chi connectivity index (χ4v) is 2.44. The summed E-state index contributed by atoms with van der Waals surface area (Å²) in [5.41, 5.74) is 2.08. The molecule has 3 rings (SSSR count). The van der Waals surface area contributed by atoms with Gasteiger partial charge in [-0.05, 0) is 29.8 Å². The highest BCUT2D eigenvalue weighted by molar-refractivity contribution is 6.29. The van der Waals surface area contributed by atoms with Crippen LogP contribution in [0.25, 0.3) is 0 Å². The molecule has 1 aliphatic rings. The van der Waals surface area contributed by atoms with E-state index in [1.54, 1.807) is 31.2 Å². The summed E-state index contributed by atoms with van der Waals surface area (Å²) in [6.45, 7) is 1.63. The average molecular weight is 251 g/mol. The normalized spacial score (nSPS) is 12.9. The van der Waals surface area contributed by atoms with Gasteiger partial charge in [-0.3, -0.25) is 9.59 Å². The molecule has 0 amide bonds. The van der Waals surface area contributed by atoms with Crippen molar-refractivity contribution in [3.8, 4) is 0 Å². The van der Waals surface area contributed by atoms with E-state index in [0.29, 0.717) is 27.8 Å². The molecule has 0 N–H and O–H groups in total. The summed E-state index contributed by atoms with van der Waals surface area (Å²) in [5.74, 6) is -0.418. The molecular formula is C15H9NO3. The van der Waals surface area contributed by atoms with Crippen molar-refractivity contribution in [3.05, 3.63) is 69.1 Å². The number of carbonyl (C=O) groups excluding carboxylic acids is 2. The predicted octanol–water partition coefficient (Wildman–Crippen LogP) is 3.17. The number of hydrogen-bond donors (Lipinski definition) is 0. The van der Waals surface area contributed by atoms with Gasteiger partial charge in [0.1, 0.15) is 5.69 Å². The van der Waals surface area contributed by atoms with E-state index in [1.165, 1.54) is 12.1 Å². The summed E-state index contributed by atoms with van der Waals surface area (Å²) in [7, 11) is 0. The van der Waals surface area contributed by atoms with Gasteiger partial charge < -0.3 is 0 Å². The van der Waals surface area contributed by atoms with Gasteiger partial charge in [0, 0.05) is 22.3 Å². The van der Waals surface area contributed by atoms with Crippen molar-refractivity contribution < 1.29 is 9.59 Å². The standard InChI is InChI=1S/C15H9NO3/c1-8-12(16-19)7-6-11-13(8)15(18)10-5-3-2-4-9(10)14(11)17/h2-7H,1H3. The van der Waals surface area contributed by atoms with Gasteiger partial charge in [-0.25, -0.2) is 0 Å². The maximum atomic E-state index is 12.4. The van der Waals surface area contributed by atoms with Crippen LogP contribution in [0.3, 0.4) is 0 Å². The van der Waals surface area contributed by atoms with Gasteiger partial charge in [0.2, 0.25) is 0 Å². The van der Waals surface area contributed by atoms with Gasteiger partial charge in [0.05, 0.1) is 0 Å². The van der Waals surface area contributed by atoms with E-state index in [0.717, 1.165) is 0 Å². The van der Waals surface area contributed by atoms with Gasteiger partial charge in [-0.1, -0.05) is 24.3 Å². The summed E-state index contributed by atoms with van der Waals surface area (Å²) >= 11 is 0. The number of ketones is 2. The Labute approximate surface area is 109 Å². The Kier molecular flexibility index (Phi) is 2.38. The Morgan fingerprint density at radius 2 is 1.47 bits per heavy atom. The third-order valence-electron chi connectivity index (χ3n) is 3.42. The van der Waals surface area contributed by atoms with Crippen molar-refractivity contribution in [1.82, 2.24) is 0 Å². The van der Waals surface area contributed by atoms with E-state index < -0.39 is 0 Å². The minimum absolute atomic E-state index is 0.189. The first-order valence-electron chi connectivity index (χ1n) is 5.80. The van der Waals surface area contributed by atoms with E-state index in [2.05, 4.69) is 5.18 Å². The lowest BCUT2D eigenvalue weighted by Crippen LogP contribution is -2.21. The number of hydrogen-bond acceptors (Lipinski definition) is 4. The third kappa shape index (κ3) is 1.46. The lowest BCUT2D eigenvalue weighted by molar-refractivity contribution is 0.0978. The number of rotatable bonds is 1. The summed E-state index contributed by atoms with van der Waals surface area (Å²) in [4.78, 5) is 35.5. The Morgan fingerprint density at radius 1 is 0.842 bits per heavy atom. The lowest BCUT2D eigenvalue weighted by atomic mass is 9.82. The van der Waals surface area contributed by atoms with Crippen LogP contribution in [0, 0.1) is 11.8 Å². The van der Waals surface area contributed by atoms with Crippen molar-refractivity contribution >= 4 is 17.3 Å². The molecule has 2 aromatic rings. The summed E-state index contributed by atoms with van der Waals surface area (Å²) in [6, 6.07) is 9.67. The van der Waals surface area contributed by atoms with Crippen LogP contribution in [-0.4, -0.2) is 11.6 Å². The largest absolute Gasteiger partial charge is 0.289 e. The number of nitrogens with zero attached hydrogens (tertiary/aromatic N) is 1. The summed E-state index contributed by atoms with van der Waals surface area (Å²) in [6.07, 6.45) is 0. The molecule has 19 heavy (non-hydrogen) atoms. The van der Waals surface area contributed by atoms with E-state index in [1.807, 2.05) is 0 Å². The molecule has 0 unspecified atom stereocenters. The zero-order valence-electron chi connectivity index (χ0n) is 10.1. The topological polar surface area (TPSA) is 63.6 Å². The van der Waals surface area contributed by atoms with Crippen LogP contribution in [0.1, 0.15) is 37.4 Å². The van der Waals surface area contributed by atoms with E-state index in [9.17, 15) is 14.5 Å². The zero-order valence-corrected chi connectivity index (χ0v) is 10.1. The summed E-state index contributed by atoms with van der Waals surface area (Å²) in [5, 5.41) is 2.88. The molecule has 4 nitrogen and oxygen atoms in total. The zero-order chi connectivity index (χ0) is 13.6. The molecule has 0 radical (unpaired) electrons. The van der Waals surface area contributed by atoms with Crippen LogP contribution < -0.4 is 0 Å². The summed E-state index contributed by atoms with van der Waals surface area (Å²) < 4.78 is 0. The molecule has 0 atom stereocenters. The Bertz CT molecular complexity index is 747. The SMILES string of the molecule is Cc1c(N=O)ccc2c1C(=O)c1ccccc1C2=O. The molecule has 0 fully saturated rings. The molecule has 2 aromatic carbocycles. The lowest BCUT2D eigenvalue weighted by Gasteiger charge is -2.19. The fourth-order valence-electron chi connectivity index (χ4n) is 2.44. The highest BCUT2D eigenvalue weighted by atomic mass is 16.3. The van der Waals surface area contributed by atoms with Crippen molar-refractivity contribution in [2.45, 2.75) is 6.92 Å². The molecule has 0 aliphatic heterocycles. The molecule has 0 heterocycles. The number of carbonyl (C=O) groups is 2. The van der Waals surface area contributed by atoms with Crippen LogP contribution in [0.2, 0.25) is 0 Å². The van der Waals surface area contributed by atoms with Gasteiger partial charge >= 0.3 is 0 Å². The second-order valence-electron chi connectivity index (χ2n) is 4.43. The number of fused-ring (bicyclic) bond motifs is 2. The predicted molar refractivity (Wildman–Crippen MR) is 69.9 cm³/mol. The van der Waals surface area contributed by atoms with E-state index in [4.69, 9.17) is 0 Å². The average Bonchev–Trinajstić information content (AvgIpc) is 2.44. The highest BCUT2D eigenvalue weighted by Crippen LogP contribution is 2.33. The number of benzene rings is 2. The Balaban J connectivity index is 2.36. The van der Waals surface area contributed by atoms with Crippen LogP contribution in [-0.2, 0) is 0 Å². The second kappa shape index (κ2) is 3.95. The van der Waals surface area contributed by atoms with Gasteiger partial charge in [-0.15, -0.1) is 4.91 Å². The quantitative estimate of drug-likeness (QED) is 0.624. The smallest absolute Gasteiger partial charge is 0.194 e. The van der Waals surface area contributed by atoms with Gasteiger partial charge in [0.15, 0.2) is 11.6 Å². The van der Waals surface area contributed by atoms with E-state index in [-0.39, 0.29) is 17.3 Å². The first-order valence-corrected chi connectivity index (χ1v) is 5.80. The van der Waals surface area contributed by atoms with Crippen LogP contribution in [0.15, 0.2) is 41.6 Å². The van der Waals surface area contributed by atoms with Gasteiger partial charge in [-0.2, -0.15) is 0 Å². The van der Waals surface area contributed by atoms with E-state index >= 15 is 0 Å².